The Balaban J connectivity index is 2.24. The molecule has 0 bridgehead atoms. The average molecular weight is 274 g/mol. The van der Waals surface area contributed by atoms with Gasteiger partial charge in [-0.2, -0.15) is 0 Å². The van der Waals surface area contributed by atoms with Gasteiger partial charge in [0.2, 0.25) is 0 Å². The van der Waals surface area contributed by atoms with Gasteiger partial charge in [-0.1, -0.05) is 37.7 Å². The Kier molecular flexibility index (Phi) is 4.68. The topological polar surface area (TPSA) is 37.9 Å². The van der Waals surface area contributed by atoms with E-state index in [-0.39, 0.29) is 0 Å². The lowest BCUT2D eigenvalue weighted by Gasteiger charge is -2.06. The molecule has 0 aliphatic rings. The van der Waals surface area contributed by atoms with E-state index in [2.05, 4.69) is 23.0 Å². The first-order valence-corrected chi connectivity index (χ1v) is 6.84. The van der Waals surface area contributed by atoms with Gasteiger partial charge < -0.3 is 9.72 Å². The van der Waals surface area contributed by atoms with Gasteiger partial charge in [0.1, 0.15) is 16.2 Å². The molecule has 0 saturated carbocycles. The number of aryl methyl sites for hydroxylation is 1. The van der Waals surface area contributed by atoms with Crippen LogP contribution in [0.3, 0.4) is 0 Å². The highest BCUT2D eigenvalue weighted by atomic mass is 32.1. The molecule has 0 radical (unpaired) electrons. The van der Waals surface area contributed by atoms with Crippen LogP contribution in [0.5, 0.6) is 5.75 Å². The quantitative estimate of drug-likeness (QED) is 0.845. The second-order valence-corrected chi connectivity index (χ2v) is 4.89. The zero-order valence-electron chi connectivity index (χ0n) is 11.3. The second kappa shape index (κ2) is 6.48. The van der Waals surface area contributed by atoms with Gasteiger partial charge in [0.15, 0.2) is 0 Å². The molecule has 3 nitrogen and oxygen atoms in total. The number of H-pyrrole nitrogens is 1. The van der Waals surface area contributed by atoms with Gasteiger partial charge >= 0.3 is 0 Å². The number of hydrogen-bond acceptors (Lipinski definition) is 3. The summed E-state index contributed by atoms with van der Waals surface area (Å²) >= 11 is 5.21. The van der Waals surface area contributed by atoms with Crippen LogP contribution in [0.4, 0.5) is 0 Å². The minimum atomic E-state index is 0.653. The first-order chi connectivity index (χ1) is 9.21. The number of methoxy groups -OCH3 is 1. The third-order valence-electron chi connectivity index (χ3n) is 2.87. The van der Waals surface area contributed by atoms with E-state index in [9.17, 15) is 0 Å². The van der Waals surface area contributed by atoms with Crippen molar-refractivity contribution in [3.8, 4) is 5.75 Å². The Hall–Kier alpha value is -1.68. The van der Waals surface area contributed by atoms with Crippen molar-refractivity contribution in [3.05, 3.63) is 52.1 Å². The van der Waals surface area contributed by atoms with Crippen molar-refractivity contribution in [2.24, 2.45) is 0 Å². The Labute approximate surface area is 118 Å². The largest absolute Gasteiger partial charge is 0.497 e. The molecule has 1 aromatic carbocycles. The monoisotopic (exact) mass is 274 g/mol. The van der Waals surface area contributed by atoms with E-state index >= 15 is 0 Å². The van der Waals surface area contributed by atoms with Crippen LogP contribution in [0, 0.1) is 4.64 Å². The zero-order valence-corrected chi connectivity index (χ0v) is 12.1. The standard InChI is InChI=1S/C15H18N2OS/c1-3-5-12-10-15(19)17-14(16-12)9-11-6-4-7-13(8-11)18-2/h4,6-8,10H,3,5,9H2,1-2H3,(H,16,17,19). The van der Waals surface area contributed by atoms with Gasteiger partial charge in [-0.15, -0.1) is 0 Å². The second-order valence-electron chi connectivity index (χ2n) is 4.47. The fraction of sp³-hybridized carbons (Fsp3) is 0.333. The molecule has 4 heteroatoms. The van der Waals surface area contributed by atoms with E-state index in [1.165, 1.54) is 0 Å². The van der Waals surface area contributed by atoms with Crippen molar-refractivity contribution in [1.29, 1.82) is 0 Å². The van der Waals surface area contributed by atoms with E-state index in [1.807, 2.05) is 24.3 Å². The molecule has 0 spiro atoms. The fourth-order valence-electron chi connectivity index (χ4n) is 2.03. The maximum Gasteiger partial charge on any atom is 0.130 e. The number of benzene rings is 1. The van der Waals surface area contributed by atoms with Crippen LogP contribution in [0.25, 0.3) is 0 Å². The van der Waals surface area contributed by atoms with Gasteiger partial charge in [-0.05, 0) is 30.2 Å². The van der Waals surface area contributed by atoms with Crippen LogP contribution in [0.2, 0.25) is 0 Å². The third-order valence-corrected chi connectivity index (χ3v) is 3.08. The lowest BCUT2D eigenvalue weighted by atomic mass is 10.1. The Morgan fingerprint density at radius 2 is 2.16 bits per heavy atom. The van der Waals surface area contributed by atoms with Crippen LogP contribution in [0.15, 0.2) is 30.3 Å². The lowest BCUT2D eigenvalue weighted by Crippen LogP contribution is -2.01. The van der Waals surface area contributed by atoms with Crippen LogP contribution in [-0.2, 0) is 12.8 Å². The van der Waals surface area contributed by atoms with Crippen molar-refractivity contribution >= 4 is 12.2 Å². The Bertz CT molecular complexity index is 607. The van der Waals surface area contributed by atoms with E-state index in [1.54, 1.807) is 7.11 Å². The normalized spacial score (nSPS) is 10.4. The number of nitrogens with zero attached hydrogens (tertiary/aromatic N) is 1. The first-order valence-electron chi connectivity index (χ1n) is 6.43. The van der Waals surface area contributed by atoms with E-state index in [0.717, 1.165) is 42.1 Å². The summed E-state index contributed by atoms with van der Waals surface area (Å²) in [6.45, 7) is 2.15. The number of hydrogen-bond donors (Lipinski definition) is 1. The summed E-state index contributed by atoms with van der Waals surface area (Å²) in [6.07, 6.45) is 2.82. The minimum absolute atomic E-state index is 0.653. The number of rotatable bonds is 5. The first kappa shape index (κ1) is 13.7. The van der Waals surface area contributed by atoms with Gasteiger partial charge in [0.25, 0.3) is 0 Å². The summed E-state index contributed by atoms with van der Waals surface area (Å²) in [5.74, 6) is 1.77. The highest BCUT2D eigenvalue weighted by Crippen LogP contribution is 2.15. The molecule has 0 aliphatic heterocycles. The SMILES string of the molecule is CCCc1cc(=S)nc(Cc2cccc(OC)c2)[nH]1. The molecule has 1 aromatic heterocycles. The highest BCUT2D eigenvalue weighted by molar-refractivity contribution is 7.71. The molecule has 0 amide bonds. The molecule has 1 heterocycles. The molecule has 2 aromatic rings. The number of nitrogens with one attached hydrogen (secondary N) is 1. The van der Waals surface area contributed by atoms with Gasteiger partial charge in [-0.25, -0.2) is 4.98 Å². The van der Waals surface area contributed by atoms with Gasteiger partial charge in [0.05, 0.1) is 7.11 Å². The highest BCUT2D eigenvalue weighted by Gasteiger charge is 2.02. The molecular weight excluding hydrogens is 256 g/mol. The van der Waals surface area contributed by atoms with E-state index in [0.29, 0.717) is 4.64 Å². The molecular formula is C15H18N2OS. The summed E-state index contributed by atoms with van der Waals surface area (Å²) in [6, 6.07) is 9.94. The smallest absolute Gasteiger partial charge is 0.130 e. The van der Waals surface area contributed by atoms with Crippen molar-refractivity contribution in [1.82, 2.24) is 9.97 Å². The molecule has 0 atom stereocenters. The maximum atomic E-state index is 5.23. The van der Waals surface area contributed by atoms with Gasteiger partial charge in [-0.3, -0.25) is 0 Å². The predicted octanol–water partition coefficient (Wildman–Crippen LogP) is 3.69. The van der Waals surface area contributed by atoms with Crippen molar-refractivity contribution in [3.63, 3.8) is 0 Å². The Morgan fingerprint density at radius 1 is 1.32 bits per heavy atom. The molecule has 0 fully saturated rings. The molecule has 19 heavy (non-hydrogen) atoms. The zero-order chi connectivity index (χ0) is 13.7. The number of aromatic nitrogens is 2. The Morgan fingerprint density at radius 3 is 2.89 bits per heavy atom. The van der Waals surface area contributed by atoms with Crippen LogP contribution in [0.1, 0.15) is 30.4 Å². The predicted molar refractivity (Wildman–Crippen MR) is 79.2 cm³/mol. The fourth-order valence-corrected chi connectivity index (χ4v) is 2.28. The molecule has 1 N–H and O–H groups in total. The van der Waals surface area contributed by atoms with Crippen molar-refractivity contribution in [2.75, 3.05) is 7.11 Å². The summed E-state index contributed by atoms with van der Waals surface area (Å²) in [5, 5.41) is 0. The summed E-state index contributed by atoms with van der Waals surface area (Å²) in [5.41, 5.74) is 2.31. The molecule has 2 rings (SSSR count). The van der Waals surface area contributed by atoms with E-state index in [4.69, 9.17) is 17.0 Å². The maximum absolute atomic E-state index is 5.23. The summed E-state index contributed by atoms with van der Waals surface area (Å²) < 4.78 is 5.88. The van der Waals surface area contributed by atoms with Crippen LogP contribution in [-0.4, -0.2) is 17.1 Å². The van der Waals surface area contributed by atoms with Crippen LogP contribution >= 0.6 is 12.2 Å². The molecule has 100 valence electrons. The molecule has 0 aliphatic carbocycles. The molecule has 0 saturated heterocycles. The number of ether oxygens (including phenoxy) is 1. The van der Waals surface area contributed by atoms with Crippen molar-refractivity contribution in [2.45, 2.75) is 26.2 Å². The van der Waals surface area contributed by atoms with Crippen LogP contribution < -0.4 is 4.74 Å². The van der Waals surface area contributed by atoms with Gasteiger partial charge in [0, 0.05) is 12.1 Å². The summed E-state index contributed by atoms with van der Waals surface area (Å²) in [4.78, 5) is 7.74. The average Bonchev–Trinajstić information content (AvgIpc) is 2.38. The summed E-state index contributed by atoms with van der Waals surface area (Å²) in [7, 11) is 1.67. The third kappa shape index (κ3) is 3.89. The molecule has 0 unspecified atom stereocenters. The van der Waals surface area contributed by atoms with Crippen molar-refractivity contribution < 1.29 is 4.74 Å². The minimum Gasteiger partial charge on any atom is -0.497 e. The van der Waals surface area contributed by atoms with E-state index < -0.39 is 0 Å². The number of aromatic amines is 1. The lowest BCUT2D eigenvalue weighted by molar-refractivity contribution is 0.414.